The van der Waals surface area contributed by atoms with E-state index in [0.717, 1.165) is 35.9 Å². The van der Waals surface area contributed by atoms with Crippen molar-refractivity contribution in [3.05, 3.63) is 34.8 Å². The Hall–Kier alpha value is -1.88. The van der Waals surface area contributed by atoms with Crippen LogP contribution in [-0.4, -0.2) is 31.4 Å². The number of anilines is 3. The van der Waals surface area contributed by atoms with E-state index in [1.165, 1.54) is 17.0 Å². The highest BCUT2D eigenvalue weighted by molar-refractivity contribution is 7.17. The van der Waals surface area contributed by atoms with Crippen LogP contribution in [0, 0.1) is 6.92 Å². The lowest BCUT2D eigenvalue weighted by Crippen LogP contribution is -2.36. The number of carbonyl (C=O) groups is 1. The van der Waals surface area contributed by atoms with Gasteiger partial charge in [-0.05, 0) is 19.1 Å². The second kappa shape index (κ2) is 4.66. The maximum atomic E-state index is 11.0. The Morgan fingerprint density at radius 2 is 2.00 bits per heavy atom. The molecule has 5 heteroatoms. The first-order chi connectivity index (χ1) is 9.20. The Morgan fingerprint density at radius 3 is 2.68 bits per heavy atom. The van der Waals surface area contributed by atoms with E-state index in [-0.39, 0.29) is 0 Å². The quantitative estimate of drug-likeness (QED) is 0.788. The fraction of sp³-hybridized carbons (Fsp3) is 0.286. The van der Waals surface area contributed by atoms with Crippen molar-refractivity contribution < 1.29 is 4.79 Å². The molecule has 2 heterocycles. The number of fused-ring (bicyclic) bond motifs is 1. The van der Waals surface area contributed by atoms with Gasteiger partial charge < -0.3 is 9.80 Å². The number of thiazole rings is 1. The zero-order valence-corrected chi connectivity index (χ0v) is 11.8. The minimum absolute atomic E-state index is 0.714. The lowest BCUT2D eigenvalue weighted by Gasteiger charge is -2.35. The predicted molar refractivity (Wildman–Crippen MR) is 79.0 cm³/mol. The molecule has 1 aliphatic heterocycles. The third-order valence-corrected chi connectivity index (χ3v) is 4.51. The molecule has 0 atom stereocenters. The molecular formula is C14H15N3OS. The van der Waals surface area contributed by atoms with Gasteiger partial charge in [0.15, 0.2) is 11.4 Å². The van der Waals surface area contributed by atoms with Crippen LogP contribution in [0.2, 0.25) is 0 Å². The zero-order valence-electron chi connectivity index (χ0n) is 11.0. The topological polar surface area (TPSA) is 36.4 Å². The van der Waals surface area contributed by atoms with Gasteiger partial charge in [-0.15, -0.1) is 0 Å². The van der Waals surface area contributed by atoms with E-state index in [4.69, 9.17) is 0 Å². The molecule has 0 saturated carbocycles. The van der Waals surface area contributed by atoms with Crippen molar-refractivity contribution in [2.24, 2.45) is 0 Å². The van der Waals surface area contributed by atoms with Gasteiger partial charge in [-0.2, -0.15) is 0 Å². The Morgan fingerprint density at radius 1 is 1.26 bits per heavy atom. The maximum absolute atomic E-state index is 11.0. The molecule has 0 amide bonds. The molecule has 0 unspecified atom stereocenters. The van der Waals surface area contributed by atoms with Gasteiger partial charge >= 0.3 is 0 Å². The normalized spacial score (nSPS) is 14.4. The molecule has 0 spiro atoms. The summed E-state index contributed by atoms with van der Waals surface area (Å²) in [5.41, 5.74) is 3.17. The lowest BCUT2D eigenvalue weighted by atomic mass is 10.2. The third kappa shape index (κ3) is 2.00. The standard InChI is InChI=1S/C14H15N3OS/c1-10-13(9-18)19-14(15-10)17-8-7-16(2)11-5-3-4-6-12(11)17/h3-6,9H,7-8H2,1-2H3. The van der Waals surface area contributed by atoms with E-state index in [2.05, 4.69) is 34.0 Å². The fourth-order valence-corrected chi connectivity index (χ4v) is 3.24. The molecule has 0 fully saturated rings. The van der Waals surface area contributed by atoms with Crippen molar-refractivity contribution in [3.63, 3.8) is 0 Å². The number of aryl methyl sites for hydroxylation is 1. The molecule has 0 aliphatic carbocycles. The molecule has 0 bridgehead atoms. The van der Waals surface area contributed by atoms with Crippen LogP contribution >= 0.6 is 11.3 Å². The third-order valence-electron chi connectivity index (χ3n) is 3.40. The van der Waals surface area contributed by atoms with Gasteiger partial charge in [-0.25, -0.2) is 4.98 Å². The summed E-state index contributed by atoms with van der Waals surface area (Å²) in [6.07, 6.45) is 0.887. The van der Waals surface area contributed by atoms with E-state index in [1.54, 1.807) is 0 Å². The maximum Gasteiger partial charge on any atom is 0.190 e. The van der Waals surface area contributed by atoms with Gasteiger partial charge in [-0.3, -0.25) is 4.79 Å². The first kappa shape index (κ1) is 12.2. The van der Waals surface area contributed by atoms with Crippen LogP contribution in [0.5, 0.6) is 0 Å². The van der Waals surface area contributed by atoms with Crippen LogP contribution in [0.4, 0.5) is 16.5 Å². The van der Waals surface area contributed by atoms with Crippen molar-refractivity contribution in [2.75, 3.05) is 29.9 Å². The summed E-state index contributed by atoms with van der Waals surface area (Å²) in [6.45, 7) is 3.72. The highest BCUT2D eigenvalue weighted by Gasteiger charge is 2.23. The highest BCUT2D eigenvalue weighted by Crippen LogP contribution is 2.38. The molecule has 1 aromatic carbocycles. The minimum atomic E-state index is 0.714. The number of rotatable bonds is 2. The van der Waals surface area contributed by atoms with Gasteiger partial charge in [0.25, 0.3) is 0 Å². The number of aromatic nitrogens is 1. The first-order valence-electron chi connectivity index (χ1n) is 6.21. The van der Waals surface area contributed by atoms with Crippen molar-refractivity contribution >= 4 is 34.1 Å². The lowest BCUT2D eigenvalue weighted by molar-refractivity contribution is 0.112. The Balaban J connectivity index is 2.06. The zero-order chi connectivity index (χ0) is 13.4. The van der Waals surface area contributed by atoms with Crippen molar-refractivity contribution in [1.29, 1.82) is 0 Å². The molecule has 19 heavy (non-hydrogen) atoms. The van der Waals surface area contributed by atoms with E-state index in [9.17, 15) is 4.79 Å². The van der Waals surface area contributed by atoms with Crippen LogP contribution in [-0.2, 0) is 0 Å². The Labute approximate surface area is 116 Å². The molecule has 3 rings (SSSR count). The summed E-state index contributed by atoms with van der Waals surface area (Å²) in [6, 6.07) is 8.29. The molecule has 1 aliphatic rings. The number of aldehydes is 1. The van der Waals surface area contributed by atoms with Crippen molar-refractivity contribution in [2.45, 2.75) is 6.92 Å². The summed E-state index contributed by atoms with van der Waals surface area (Å²) >= 11 is 1.46. The van der Waals surface area contributed by atoms with Crippen LogP contribution < -0.4 is 9.80 Å². The largest absolute Gasteiger partial charge is 0.371 e. The summed E-state index contributed by atoms with van der Waals surface area (Å²) in [4.78, 5) is 20.6. The van der Waals surface area contributed by atoms with E-state index >= 15 is 0 Å². The molecule has 0 N–H and O–H groups in total. The van der Waals surface area contributed by atoms with Gasteiger partial charge in [0.1, 0.15) is 0 Å². The van der Waals surface area contributed by atoms with Gasteiger partial charge in [0, 0.05) is 20.1 Å². The van der Waals surface area contributed by atoms with E-state index < -0.39 is 0 Å². The number of hydrogen-bond acceptors (Lipinski definition) is 5. The fourth-order valence-electron chi connectivity index (χ4n) is 2.32. The molecule has 4 nitrogen and oxygen atoms in total. The highest BCUT2D eigenvalue weighted by atomic mass is 32.1. The second-order valence-corrected chi connectivity index (χ2v) is 5.63. The van der Waals surface area contributed by atoms with Crippen LogP contribution in [0.15, 0.2) is 24.3 Å². The first-order valence-corrected chi connectivity index (χ1v) is 7.02. The van der Waals surface area contributed by atoms with Gasteiger partial charge in [0.05, 0.1) is 21.9 Å². The molecule has 2 aromatic rings. The monoisotopic (exact) mass is 273 g/mol. The van der Waals surface area contributed by atoms with Crippen molar-refractivity contribution in [3.8, 4) is 0 Å². The SMILES string of the molecule is Cc1nc(N2CCN(C)c3ccccc32)sc1C=O. The predicted octanol–water partition coefficient (Wildman–Crippen LogP) is 2.85. The number of likely N-dealkylation sites (N-methyl/N-ethyl adjacent to an activating group) is 1. The summed E-state index contributed by atoms with van der Waals surface area (Å²) in [5, 5.41) is 0.903. The number of hydrogen-bond donors (Lipinski definition) is 0. The van der Waals surface area contributed by atoms with Crippen molar-refractivity contribution in [1.82, 2.24) is 4.98 Å². The average molecular weight is 273 g/mol. The summed E-state index contributed by atoms with van der Waals surface area (Å²) < 4.78 is 0. The molecule has 0 radical (unpaired) electrons. The van der Waals surface area contributed by atoms with E-state index in [0.29, 0.717) is 4.88 Å². The van der Waals surface area contributed by atoms with Crippen LogP contribution in [0.1, 0.15) is 15.4 Å². The smallest absolute Gasteiger partial charge is 0.190 e. The van der Waals surface area contributed by atoms with E-state index in [1.807, 2.05) is 19.1 Å². The summed E-state index contributed by atoms with van der Waals surface area (Å²) in [5.74, 6) is 0. The van der Waals surface area contributed by atoms with Crippen LogP contribution in [0.25, 0.3) is 0 Å². The second-order valence-electron chi connectivity index (χ2n) is 4.63. The Kier molecular flexibility index (Phi) is 2.98. The molecule has 1 aromatic heterocycles. The summed E-state index contributed by atoms with van der Waals surface area (Å²) in [7, 11) is 2.10. The average Bonchev–Trinajstić information content (AvgIpc) is 2.80. The number of benzene rings is 1. The number of para-hydroxylation sites is 2. The van der Waals surface area contributed by atoms with Gasteiger partial charge in [-0.1, -0.05) is 23.5 Å². The minimum Gasteiger partial charge on any atom is -0.371 e. The molecule has 0 saturated heterocycles. The van der Waals surface area contributed by atoms with Crippen LogP contribution in [0.3, 0.4) is 0 Å². The number of nitrogens with zero attached hydrogens (tertiary/aromatic N) is 3. The molecule has 98 valence electrons. The van der Waals surface area contributed by atoms with Gasteiger partial charge in [0.2, 0.25) is 0 Å². The molecular weight excluding hydrogens is 258 g/mol. The number of carbonyl (C=O) groups excluding carboxylic acids is 1. The Bertz CT molecular complexity index is 623.